The second kappa shape index (κ2) is 10.5. The normalized spacial score (nSPS) is 15.7. The van der Waals surface area contributed by atoms with Crippen molar-refractivity contribution in [1.82, 2.24) is 4.57 Å². The van der Waals surface area contributed by atoms with Crippen LogP contribution in [0.15, 0.2) is 59.7 Å². The predicted octanol–water partition coefficient (Wildman–Crippen LogP) is 6.94. The second-order valence-electron chi connectivity index (χ2n) is 9.68. The van der Waals surface area contributed by atoms with Gasteiger partial charge < -0.3 is 14.0 Å². The molecule has 34 heavy (non-hydrogen) atoms. The van der Waals surface area contributed by atoms with E-state index in [-0.39, 0.29) is 17.6 Å². The van der Waals surface area contributed by atoms with Crippen LogP contribution >= 0.6 is 0 Å². The number of hydrogen-bond donors (Lipinski definition) is 0. The molecule has 1 aliphatic heterocycles. The Hall–Kier alpha value is -3.08. The first-order chi connectivity index (χ1) is 16.4. The van der Waals surface area contributed by atoms with Gasteiger partial charge in [0.05, 0.1) is 12.1 Å². The molecule has 0 spiro atoms. The number of rotatable bonds is 10. The summed E-state index contributed by atoms with van der Waals surface area (Å²) in [6.07, 6.45) is 7.33. The van der Waals surface area contributed by atoms with Crippen LogP contribution in [0, 0.1) is 0 Å². The summed E-state index contributed by atoms with van der Waals surface area (Å²) < 4.78 is 13.5. The number of carbonyl (C=O) groups is 1. The molecular weight excluding hydrogens is 424 g/mol. The molecule has 3 aromatic rings. The van der Waals surface area contributed by atoms with Crippen LogP contribution < -0.4 is 0 Å². The molecule has 0 amide bonds. The van der Waals surface area contributed by atoms with Gasteiger partial charge in [0.25, 0.3) is 0 Å². The van der Waals surface area contributed by atoms with Gasteiger partial charge in [0.1, 0.15) is 12.6 Å². The van der Waals surface area contributed by atoms with Crippen molar-refractivity contribution in [3.05, 3.63) is 60.3 Å². The molecule has 0 radical (unpaired) electrons. The smallest absolute Gasteiger partial charge is 0.329 e. The van der Waals surface area contributed by atoms with E-state index in [0.29, 0.717) is 19.1 Å². The van der Waals surface area contributed by atoms with Crippen LogP contribution in [0.1, 0.15) is 71.4 Å². The van der Waals surface area contributed by atoms with Crippen molar-refractivity contribution in [3.63, 3.8) is 0 Å². The van der Waals surface area contributed by atoms with E-state index in [1.165, 1.54) is 12.8 Å². The molecule has 0 aliphatic carbocycles. The molecule has 1 unspecified atom stereocenters. The topological polar surface area (TPSA) is 52.8 Å². The van der Waals surface area contributed by atoms with Gasteiger partial charge in [-0.25, -0.2) is 9.79 Å². The summed E-state index contributed by atoms with van der Waals surface area (Å²) in [6.45, 7) is 9.21. The van der Waals surface area contributed by atoms with Crippen LogP contribution in [0.2, 0.25) is 0 Å². The highest BCUT2D eigenvalue weighted by Crippen LogP contribution is 2.32. The lowest BCUT2D eigenvalue weighted by molar-refractivity contribution is -0.147. The van der Waals surface area contributed by atoms with Gasteiger partial charge in [-0.1, -0.05) is 56.9 Å². The highest BCUT2D eigenvalue weighted by atomic mass is 16.5. The average Bonchev–Trinajstić information content (AvgIpc) is 3.41. The molecule has 5 nitrogen and oxygen atoms in total. The Labute approximate surface area is 202 Å². The number of ether oxygens (including phenoxy) is 2. The van der Waals surface area contributed by atoms with E-state index in [2.05, 4.69) is 61.7 Å². The van der Waals surface area contributed by atoms with E-state index < -0.39 is 0 Å². The molecule has 1 atom stereocenters. The number of nitrogens with zero attached hydrogens (tertiary/aromatic N) is 2. The Morgan fingerprint density at radius 2 is 1.88 bits per heavy atom. The Bertz CT molecular complexity index is 1180. The Morgan fingerprint density at radius 3 is 2.59 bits per heavy atom. The van der Waals surface area contributed by atoms with Gasteiger partial charge in [-0.15, -0.1) is 0 Å². The number of aromatic nitrogens is 1. The lowest BCUT2D eigenvalue weighted by Crippen LogP contribution is -2.21. The quantitative estimate of drug-likeness (QED) is 0.243. The summed E-state index contributed by atoms with van der Waals surface area (Å²) in [5.41, 5.74) is 4.04. The number of carbonyl (C=O) groups excluding carboxylic acids is 1. The minimum Gasteiger partial charge on any atom is -0.475 e. The molecule has 4 rings (SSSR count). The number of unbranched alkanes of at least 4 members (excludes halogenated alkanes) is 3. The number of benzene rings is 2. The van der Waals surface area contributed by atoms with Crippen molar-refractivity contribution in [2.75, 3.05) is 13.2 Å². The van der Waals surface area contributed by atoms with E-state index in [0.717, 1.165) is 46.9 Å². The zero-order valence-electron chi connectivity index (χ0n) is 20.8. The third kappa shape index (κ3) is 5.19. The fraction of sp³-hybridized carbons (Fsp3) is 0.448. The Morgan fingerprint density at radius 1 is 1.09 bits per heavy atom. The van der Waals surface area contributed by atoms with Crippen molar-refractivity contribution < 1.29 is 14.3 Å². The maximum atomic E-state index is 12.8. The minimum atomic E-state index is -0.295. The molecule has 5 heteroatoms. The first-order valence-electron chi connectivity index (χ1n) is 12.5. The van der Waals surface area contributed by atoms with Crippen LogP contribution in [0.5, 0.6) is 0 Å². The molecule has 0 fully saturated rings. The zero-order valence-corrected chi connectivity index (χ0v) is 20.8. The number of esters is 1. The van der Waals surface area contributed by atoms with Gasteiger partial charge >= 0.3 is 5.97 Å². The molecule has 2 heterocycles. The third-order valence-corrected chi connectivity index (χ3v) is 6.38. The van der Waals surface area contributed by atoms with E-state index in [9.17, 15) is 4.79 Å². The van der Waals surface area contributed by atoms with Crippen molar-refractivity contribution in [1.29, 1.82) is 0 Å². The van der Waals surface area contributed by atoms with Gasteiger partial charge in [-0.05, 0) is 62.6 Å². The highest BCUT2D eigenvalue weighted by molar-refractivity contribution is 6.02. The highest BCUT2D eigenvalue weighted by Gasteiger charge is 2.28. The van der Waals surface area contributed by atoms with Crippen LogP contribution in [0.3, 0.4) is 0 Å². The van der Waals surface area contributed by atoms with Gasteiger partial charge in [0, 0.05) is 22.7 Å². The summed E-state index contributed by atoms with van der Waals surface area (Å²) in [7, 11) is 0. The van der Waals surface area contributed by atoms with Gasteiger partial charge in [-0.3, -0.25) is 0 Å². The molecule has 1 aliphatic rings. The molecule has 2 aromatic carbocycles. The van der Waals surface area contributed by atoms with Crippen LogP contribution in [-0.4, -0.2) is 35.2 Å². The summed E-state index contributed by atoms with van der Waals surface area (Å²) in [4.78, 5) is 17.6. The Kier molecular flexibility index (Phi) is 7.40. The SMILES string of the molecule is CCCCCCC(C(=O)OCC)n1ccc2cc(-c3ccccc3C3=NC(C)(C)CO3)ccc21. The van der Waals surface area contributed by atoms with E-state index in [4.69, 9.17) is 14.5 Å². The largest absolute Gasteiger partial charge is 0.475 e. The van der Waals surface area contributed by atoms with Gasteiger partial charge in [-0.2, -0.15) is 0 Å². The lowest BCUT2D eigenvalue weighted by Gasteiger charge is -2.19. The molecule has 1 aromatic heterocycles. The molecular formula is C29H36N2O3. The Balaban J connectivity index is 1.67. The number of fused-ring (bicyclic) bond motifs is 1. The first-order valence-corrected chi connectivity index (χ1v) is 12.5. The van der Waals surface area contributed by atoms with E-state index in [1.807, 2.05) is 25.3 Å². The molecule has 0 N–H and O–H groups in total. The summed E-state index contributed by atoms with van der Waals surface area (Å²) in [6, 6.07) is 16.5. The monoisotopic (exact) mass is 460 g/mol. The molecule has 0 saturated heterocycles. The third-order valence-electron chi connectivity index (χ3n) is 6.38. The fourth-order valence-corrected chi connectivity index (χ4v) is 4.62. The molecule has 0 bridgehead atoms. The molecule has 0 saturated carbocycles. The summed E-state index contributed by atoms with van der Waals surface area (Å²) in [5.74, 6) is 0.553. The number of hydrogen-bond acceptors (Lipinski definition) is 4. The maximum absolute atomic E-state index is 12.8. The predicted molar refractivity (Wildman–Crippen MR) is 138 cm³/mol. The first kappa shape index (κ1) is 24.1. The fourth-order valence-electron chi connectivity index (χ4n) is 4.62. The lowest BCUT2D eigenvalue weighted by atomic mass is 9.98. The van der Waals surface area contributed by atoms with Crippen molar-refractivity contribution in [2.45, 2.75) is 71.4 Å². The van der Waals surface area contributed by atoms with Crippen LogP contribution in [0.25, 0.3) is 22.0 Å². The zero-order chi connectivity index (χ0) is 24.1. The standard InChI is InChI=1S/C29H36N2O3/c1-5-7-8-9-14-26(28(32)33-6-2)31-18-17-22-19-21(15-16-25(22)31)23-12-10-11-13-24(23)27-30-29(3,4)20-34-27/h10-13,15-19,26H,5-9,14,20H2,1-4H3. The minimum absolute atomic E-state index is 0.148. The van der Waals surface area contributed by atoms with Gasteiger partial charge in [0.2, 0.25) is 5.90 Å². The summed E-state index contributed by atoms with van der Waals surface area (Å²) in [5, 5.41) is 1.10. The van der Waals surface area contributed by atoms with Crippen molar-refractivity contribution in [3.8, 4) is 11.1 Å². The van der Waals surface area contributed by atoms with Crippen LogP contribution in [-0.2, 0) is 14.3 Å². The van der Waals surface area contributed by atoms with Crippen LogP contribution in [0.4, 0.5) is 0 Å². The molecule has 180 valence electrons. The number of aliphatic imine (C=N–C) groups is 1. The van der Waals surface area contributed by atoms with Crippen molar-refractivity contribution >= 4 is 22.8 Å². The average molecular weight is 461 g/mol. The van der Waals surface area contributed by atoms with E-state index >= 15 is 0 Å². The maximum Gasteiger partial charge on any atom is 0.329 e. The van der Waals surface area contributed by atoms with Crippen molar-refractivity contribution in [2.24, 2.45) is 4.99 Å². The second-order valence-corrected chi connectivity index (χ2v) is 9.68. The van der Waals surface area contributed by atoms with Gasteiger partial charge in [0.15, 0.2) is 0 Å². The summed E-state index contributed by atoms with van der Waals surface area (Å²) >= 11 is 0. The van der Waals surface area contributed by atoms with E-state index in [1.54, 1.807) is 0 Å².